The summed E-state index contributed by atoms with van der Waals surface area (Å²) in [5, 5.41) is 38.3. The molecule has 0 unspecified atom stereocenters. The summed E-state index contributed by atoms with van der Waals surface area (Å²) in [7, 11) is 0. The van der Waals surface area contributed by atoms with Crippen molar-refractivity contribution in [2.75, 3.05) is 11.1 Å². The number of hydrogen-bond acceptors (Lipinski definition) is 9. The number of aryl methyl sites for hydroxylation is 1. The first kappa shape index (κ1) is 26.5. The van der Waals surface area contributed by atoms with Gasteiger partial charge in [-0.3, -0.25) is 29.7 Å². The lowest BCUT2D eigenvalue weighted by Crippen LogP contribution is -2.14. The molecule has 0 aliphatic carbocycles. The van der Waals surface area contributed by atoms with E-state index >= 15 is 0 Å². The highest BCUT2D eigenvalue weighted by Gasteiger charge is 2.22. The molecule has 2 aromatic carbocycles. The number of rotatable bonds is 10. The van der Waals surface area contributed by atoms with E-state index in [4.69, 9.17) is 0 Å². The molecule has 2 aromatic heterocycles. The lowest BCUT2D eigenvalue weighted by molar-refractivity contribution is -0.386. The fourth-order valence-corrected chi connectivity index (χ4v) is 4.76. The molecule has 1 N–H and O–H groups in total. The molecule has 14 heteroatoms. The largest absolute Gasteiger partial charge is 0.325 e. The highest BCUT2D eigenvalue weighted by atomic mass is 32.2. The van der Waals surface area contributed by atoms with Crippen molar-refractivity contribution in [3.63, 3.8) is 0 Å². The number of carbonyl (C=O) groups is 1. The highest BCUT2D eigenvalue weighted by Crippen LogP contribution is 2.26. The van der Waals surface area contributed by atoms with Gasteiger partial charge in [-0.1, -0.05) is 42.1 Å². The zero-order valence-corrected chi connectivity index (χ0v) is 21.6. The van der Waals surface area contributed by atoms with E-state index in [2.05, 4.69) is 20.6 Å². The van der Waals surface area contributed by atoms with Gasteiger partial charge >= 0.3 is 5.69 Å². The highest BCUT2D eigenvalue weighted by molar-refractivity contribution is 7.99. The van der Waals surface area contributed by atoms with Gasteiger partial charge in [0.25, 0.3) is 5.69 Å². The summed E-state index contributed by atoms with van der Waals surface area (Å²) in [5.41, 5.74) is 2.90. The molecular formula is C24H24N8O5S. The predicted molar refractivity (Wildman–Crippen MR) is 141 cm³/mol. The van der Waals surface area contributed by atoms with Crippen LogP contribution in [0.1, 0.15) is 23.9 Å². The summed E-state index contributed by atoms with van der Waals surface area (Å²) < 4.78 is 3.51. The molecule has 0 fully saturated rings. The third-order valence-corrected chi connectivity index (χ3v) is 6.74. The molecular weight excluding hydrogens is 512 g/mol. The fourth-order valence-electron chi connectivity index (χ4n) is 3.96. The topological polar surface area (TPSA) is 164 Å². The molecule has 0 saturated heterocycles. The average Bonchev–Trinajstić information content (AvgIpc) is 3.42. The maximum Gasteiger partial charge on any atom is 0.312 e. The Kier molecular flexibility index (Phi) is 7.81. The van der Waals surface area contributed by atoms with E-state index in [0.29, 0.717) is 41.1 Å². The summed E-state index contributed by atoms with van der Waals surface area (Å²) in [6.45, 7) is 6.22. The van der Waals surface area contributed by atoms with Gasteiger partial charge in [-0.05, 0) is 32.4 Å². The van der Waals surface area contributed by atoms with Gasteiger partial charge < -0.3 is 9.88 Å². The third kappa shape index (κ3) is 5.70. The number of thioether (sulfide) groups is 1. The van der Waals surface area contributed by atoms with Crippen molar-refractivity contribution in [1.82, 2.24) is 24.5 Å². The van der Waals surface area contributed by atoms with Gasteiger partial charge in [-0.2, -0.15) is 5.10 Å². The van der Waals surface area contributed by atoms with E-state index in [9.17, 15) is 25.0 Å². The molecule has 0 spiro atoms. The molecule has 0 saturated carbocycles. The molecule has 0 atom stereocenters. The minimum absolute atomic E-state index is 0.0291. The Morgan fingerprint density at radius 2 is 1.79 bits per heavy atom. The SMILES string of the molecule is CCn1c(SCC(=O)Nc2cccc([N+](=O)[O-])c2)nnc1-c1ccc(Cn2nc(C)c([N+](=O)[O-])c2C)cc1. The standard InChI is InChI=1S/C24H24N8O5S/c1-4-29-23(18-10-8-17(9-11-18)13-30-16(3)22(32(36)37)15(2)28-30)26-27-24(29)38-14-21(33)25-19-6-5-7-20(12-19)31(34)35/h5-12H,4,13-14H2,1-3H3,(H,25,33). The molecule has 0 aliphatic heterocycles. The van der Waals surface area contributed by atoms with E-state index in [1.165, 1.54) is 30.0 Å². The van der Waals surface area contributed by atoms with Crippen molar-refractivity contribution in [3.05, 3.63) is 85.7 Å². The maximum absolute atomic E-state index is 12.4. The van der Waals surface area contributed by atoms with Crippen LogP contribution in [0.4, 0.5) is 17.1 Å². The number of non-ortho nitro benzene ring substituents is 1. The number of aromatic nitrogens is 5. The van der Waals surface area contributed by atoms with E-state index in [1.807, 2.05) is 35.8 Å². The fraction of sp³-hybridized carbons (Fsp3) is 0.250. The first-order valence-corrected chi connectivity index (χ1v) is 12.5. The normalized spacial score (nSPS) is 10.9. The monoisotopic (exact) mass is 536 g/mol. The van der Waals surface area contributed by atoms with Crippen LogP contribution < -0.4 is 5.32 Å². The zero-order valence-electron chi connectivity index (χ0n) is 20.8. The van der Waals surface area contributed by atoms with E-state index in [0.717, 1.165) is 11.1 Å². The summed E-state index contributed by atoms with van der Waals surface area (Å²) in [4.78, 5) is 33.7. The first-order chi connectivity index (χ1) is 18.2. The van der Waals surface area contributed by atoms with Crippen LogP contribution in [0.3, 0.4) is 0 Å². The van der Waals surface area contributed by atoms with Gasteiger partial charge in [0, 0.05) is 29.9 Å². The van der Waals surface area contributed by atoms with Crippen LogP contribution in [0, 0.1) is 34.1 Å². The molecule has 0 aliphatic rings. The quantitative estimate of drug-likeness (QED) is 0.176. The number of amides is 1. The van der Waals surface area contributed by atoms with Gasteiger partial charge in [0.2, 0.25) is 5.91 Å². The van der Waals surface area contributed by atoms with Crippen molar-refractivity contribution >= 4 is 34.7 Å². The Balaban J connectivity index is 1.43. The summed E-state index contributed by atoms with van der Waals surface area (Å²) in [6.07, 6.45) is 0. The van der Waals surface area contributed by atoms with Crippen LogP contribution in [0.2, 0.25) is 0 Å². The van der Waals surface area contributed by atoms with Crippen molar-refractivity contribution < 1.29 is 14.6 Å². The number of nitrogens with zero attached hydrogens (tertiary/aromatic N) is 7. The Morgan fingerprint density at radius 3 is 2.42 bits per heavy atom. The summed E-state index contributed by atoms with van der Waals surface area (Å²) in [5.74, 6) is 0.369. The van der Waals surface area contributed by atoms with E-state index in [1.54, 1.807) is 24.6 Å². The molecule has 4 aromatic rings. The van der Waals surface area contributed by atoms with Crippen LogP contribution in [-0.2, 0) is 17.9 Å². The maximum atomic E-state index is 12.4. The lowest BCUT2D eigenvalue weighted by Gasteiger charge is -2.09. The molecule has 38 heavy (non-hydrogen) atoms. The number of nitro benzene ring substituents is 1. The van der Waals surface area contributed by atoms with E-state index in [-0.39, 0.29) is 23.0 Å². The Labute approximate surface area is 221 Å². The van der Waals surface area contributed by atoms with Crippen molar-refractivity contribution in [2.24, 2.45) is 0 Å². The third-order valence-electron chi connectivity index (χ3n) is 5.78. The van der Waals surface area contributed by atoms with Crippen LogP contribution in [0.15, 0.2) is 53.7 Å². The van der Waals surface area contributed by atoms with Crippen LogP contribution in [0.5, 0.6) is 0 Å². The van der Waals surface area contributed by atoms with Crippen molar-refractivity contribution in [2.45, 2.75) is 39.0 Å². The molecule has 0 radical (unpaired) electrons. The second kappa shape index (κ2) is 11.2. The summed E-state index contributed by atoms with van der Waals surface area (Å²) in [6, 6.07) is 13.4. The minimum Gasteiger partial charge on any atom is -0.325 e. The number of hydrogen-bond donors (Lipinski definition) is 1. The van der Waals surface area contributed by atoms with Gasteiger partial charge in [-0.25, -0.2) is 0 Å². The number of anilines is 1. The van der Waals surface area contributed by atoms with Crippen LogP contribution in [-0.4, -0.2) is 46.1 Å². The Morgan fingerprint density at radius 1 is 1.05 bits per heavy atom. The van der Waals surface area contributed by atoms with Gasteiger partial charge in [0.1, 0.15) is 11.4 Å². The Bertz CT molecular complexity index is 1510. The molecule has 2 heterocycles. The van der Waals surface area contributed by atoms with Gasteiger partial charge in [-0.15, -0.1) is 10.2 Å². The van der Waals surface area contributed by atoms with E-state index < -0.39 is 9.85 Å². The second-order valence-electron chi connectivity index (χ2n) is 8.33. The summed E-state index contributed by atoms with van der Waals surface area (Å²) >= 11 is 1.21. The predicted octanol–water partition coefficient (Wildman–Crippen LogP) is 4.37. The van der Waals surface area contributed by atoms with Crippen molar-refractivity contribution in [1.29, 1.82) is 0 Å². The number of nitro groups is 2. The van der Waals surface area contributed by atoms with Gasteiger partial charge in [0.15, 0.2) is 11.0 Å². The molecule has 1 amide bonds. The number of nitrogens with one attached hydrogen (secondary N) is 1. The zero-order chi connectivity index (χ0) is 27.4. The second-order valence-corrected chi connectivity index (χ2v) is 9.27. The lowest BCUT2D eigenvalue weighted by atomic mass is 10.1. The molecule has 0 bridgehead atoms. The van der Waals surface area contributed by atoms with Crippen molar-refractivity contribution in [3.8, 4) is 11.4 Å². The van der Waals surface area contributed by atoms with Crippen LogP contribution in [0.25, 0.3) is 11.4 Å². The minimum atomic E-state index is -0.520. The molecule has 4 rings (SSSR count). The molecule has 196 valence electrons. The Hall–Kier alpha value is -4.59. The molecule has 13 nitrogen and oxygen atoms in total. The average molecular weight is 537 g/mol. The van der Waals surface area contributed by atoms with Gasteiger partial charge in [0.05, 0.1) is 22.1 Å². The number of benzene rings is 2. The smallest absolute Gasteiger partial charge is 0.312 e. The first-order valence-electron chi connectivity index (χ1n) is 11.6. The number of carbonyl (C=O) groups excluding carboxylic acids is 1. The van der Waals surface area contributed by atoms with Crippen LogP contribution >= 0.6 is 11.8 Å².